The van der Waals surface area contributed by atoms with Crippen LogP contribution >= 0.6 is 0 Å². The molecular formula is C22H27N3O2. The summed E-state index contributed by atoms with van der Waals surface area (Å²) in [6, 6.07) is 15.1. The Bertz CT molecular complexity index is 828. The standard InChI is InChI=1S/C22H27N3O2/c1-24(2)18-6-7-19-20(14-22(26)23-21(19)13-18)17-5-3-4-16(12-17)15-25-8-10-27-11-9-25/h3-7,12-13,20H,8-11,14-15H2,1-2H3,(H,23,26)/t20-/m0/s1. The number of fused-ring (bicyclic) bond motifs is 1. The minimum absolute atomic E-state index is 0.0852. The predicted octanol–water partition coefficient (Wildman–Crippen LogP) is 3.06. The van der Waals surface area contributed by atoms with Crippen LogP contribution < -0.4 is 10.2 Å². The van der Waals surface area contributed by atoms with Gasteiger partial charge in [-0.1, -0.05) is 30.3 Å². The third-order valence-electron chi connectivity index (χ3n) is 5.46. The largest absolute Gasteiger partial charge is 0.379 e. The number of hydrogen-bond donors (Lipinski definition) is 1. The summed E-state index contributed by atoms with van der Waals surface area (Å²) in [4.78, 5) is 16.8. The van der Waals surface area contributed by atoms with Gasteiger partial charge in [0.1, 0.15) is 0 Å². The summed E-state index contributed by atoms with van der Waals surface area (Å²) in [5.41, 5.74) is 5.74. The van der Waals surface area contributed by atoms with Gasteiger partial charge in [-0.05, 0) is 28.8 Å². The molecule has 142 valence electrons. The monoisotopic (exact) mass is 365 g/mol. The Hall–Kier alpha value is -2.37. The summed E-state index contributed by atoms with van der Waals surface area (Å²) in [5.74, 6) is 0.191. The highest BCUT2D eigenvalue weighted by molar-refractivity contribution is 5.96. The first-order valence-electron chi connectivity index (χ1n) is 9.60. The predicted molar refractivity (Wildman–Crippen MR) is 108 cm³/mol. The molecule has 0 radical (unpaired) electrons. The van der Waals surface area contributed by atoms with Crippen LogP contribution in [0, 0.1) is 0 Å². The van der Waals surface area contributed by atoms with Crippen molar-refractivity contribution >= 4 is 17.3 Å². The quantitative estimate of drug-likeness (QED) is 0.905. The van der Waals surface area contributed by atoms with Crippen molar-refractivity contribution < 1.29 is 9.53 Å². The van der Waals surface area contributed by atoms with E-state index in [-0.39, 0.29) is 11.8 Å². The van der Waals surface area contributed by atoms with Gasteiger partial charge in [-0.15, -0.1) is 0 Å². The minimum Gasteiger partial charge on any atom is -0.379 e. The van der Waals surface area contributed by atoms with Crippen molar-refractivity contribution in [3.63, 3.8) is 0 Å². The maximum atomic E-state index is 12.3. The number of nitrogens with one attached hydrogen (secondary N) is 1. The zero-order valence-corrected chi connectivity index (χ0v) is 16.1. The van der Waals surface area contributed by atoms with Crippen LogP contribution in [-0.4, -0.2) is 51.2 Å². The molecule has 4 rings (SSSR count). The molecule has 2 aliphatic rings. The number of morpholine rings is 1. The van der Waals surface area contributed by atoms with Gasteiger partial charge < -0.3 is 15.0 Å². The summed E-state index contributed by atoms with van der Waals surface area (Å²) >= 11 is 0. The third-order valence-corrected chi connectivity index (χ3v) is 5.46. The van der Waals surface area contributed by atoms with Crippen LogP contribution in [0.4, 0.5) is 11.4 Å². The van der Waals surface area contributed by atoms with Gasteiger partial charge in [0.2, 0.25) is 5.91 Å². The average molecular weight is 365 g/mol. The van der Waals surface area contributed by atoms with Gasteiger partial charge in [0.25, 0.3) is 0 Å². The lowest BCUT2D eigenvalue weighted by atomic mass is 9.84. The van der Waals surface area contributed by atoms with Crippen LogP contribution in [-0.2, 0) is 16.1 Å². The summed E-state index contributed by atoms with van der Waals surface area (Å²) in [5, 5.41) is 3.05. The first-order chi connectivity index (χ1) is 13.1. The van der Waals surface area contributed by atoms with Gasteiger partial charge >= 0.3 is 0 Å². The fraction of sp³-hybridized carbons (Fsp3) is 0.409. The number of anilines is 2. The van der Waals surface area contributed by atoms with Crippen LogP contribution in [0.15, 0.2) is 42.5 Å². The molecule has 0 saturated carbocycles. The van der Waals surface area contributed by atoms with E-state index >= 15 is 0 Å². The van der Waals surface area contributed by atoms with Gasteiger partial charge in [0, 0.05) is 57.4 Å². The Morgan fingerprint density at radius 2 is 1.96 bits per heavy atom. The van der Waals surface area contributed by atoms with Crippen molar-refractivity contribution in [2.24, 2.45) is 0 Å². The van der Waals surface area contributed by atoms with Crippen LogP contribution in [0.3, 0.4) is 0 Å². The van der Waals surface area contributed by atoms with Gasteiger partial charge in [0.15, 0.2) is 0 Å². The zero-order valence-electron chi connectivity index (χ0n) is 16.1. The number of carbonyl (C=O) groups excluding carboxylic acids is 1. The molecule has 0 unspecified atom stereocenters. The normalized spacial score (nSPS) is 20.1. The molecular weight excluding hydrogens is 338 g/mol. The Balaban J connectivity index is 1.61. The fourth-order valence-corrected chi connectivity index (χ4v) is 3.95. The van der Waals surface area contributed by atoms with Gasteiger partial charge in [-0.3, -0.25) is 9.69 Å². The maximum Gasteiger partial charge on any atom is 0.225 e. The number of carbonyl (C=O) groups is 1. The molecule has 1 N–H and O–H groups in total. The number of ether oxygens (including phenoxy) is 1. The summed E-state index contributed by atoms with van der Waals surface area (Å²) in [6.07, 6.45) is 0.495. The second-order valence-electron chi connectivity index (χ2n) is 7.60. The van der Waals surface area contributed by atoms with Crippen LogP contribution in [0.25, 0.3) is 0 Å². The Morgan fingerprint density at radius 3 is 2.74 bits per heavy atom. The molecule has 0 bridgehead atoms. The third kappa shape index (κ3) is 3.99. The Kier molecular flexibility index (Phi) is 5.14. The van der Waals surface area contributed by atoms with E-state index in [1.807, 2.05) is 14.1 Å². The van der Waals surface area contributed by atoms with Crippen LogP contribution in [0.1, 0.15) is 29.0 Å². The molecule has 0 aromatic heterocycles. The highest BCUT2D eigenvalue weighted by Crippen LogP contribution is 2.39. The second kappa shape index (κ2) is 7.71. The highest BCUT2D eigenvalue weighted by Gasteiger charge is 2.27. The first kappa shape index (κ1) is 18.0. The first-order valence-corrected chi connectivity index (χ1v) is 9.60. The minimum atomic E-state index is 0.0852. The molecule has 1 fully saturated rings. The molecule has 5 heteroatoms. The second-order valence-corrected chi connectivity index (χ2v) is 7.60. The van der Waals surface area contributed by atoms with Crippen LogP contribution in [0.5, 0.6) is 0 Å². The van der Waals surface area contributed by atoms with Gasteiger partial charge in [0.05, 0.1) is 13.2 Å². The van der Waals surface area contributed by atoms with Crippen LogP contribution in [0.2, 0.25) is 0 Å². The lowest BCUT2D eigenvalue weighted by Gasteiger charge is -2.29. The number of hydrogen-bond acceptors (Lipinski definition) is 4. The molecule has 1 saturated heterocycles. The highest BCUT2D eigenvalue weighted by atomic mass is 16.5. The molecule has 2 aromatic rings. The summed E-state index contributed by atoms with van der Waals surface area (Å²) in [6.45, 7) is 4.51. The molecule has 2 aromatic carbocycles. The number of rotatable bonds is 4. The van der Waals surface area contributed by atoms with E-state index in [1.165, 1.54) is 16.7 Å². The van der Waals surface area contributed by atoms with E-state index in [1.54, 1.807) is 0 Å². The van der Waals surface area contributed by atoms with Gasteiger partial charge in [-0.2, -0.15) is 0 Å². The zero-order chi connectivity index (χ0) is 18.8. The van der Waals surface area contributed by atoms with Crippen molar-refractivity contribution in [1.82, 2.24) is 4.90 Å². The summed E-state index contributed by atoms with van der Waals surface area (Å²) in [7, 11) is 4.03. The van der Waals surface area contributed by atoms with Crippen molar-refractivity contribution in [2.45, 2.75) is 18.9 Å². The SMILES string of the molecule is CN(C)c1ccc2c(c1)NC(=O)C[C@H]2c1cccc(CN2CCOCC2)c1. The molecule has 1 amide bonds. The van der Waals surface area contributed by atoms with E-state index in [9.17, 15) is 4.79 Å². The molecule has 0 spiro atoms. The molecule has 0 aliphatic carbocycles. The van der Waals surface area contributed by atoms with E-state index in [0.717, 1.165) is 44.2 Å². The molecule has 2 aliphatic heterocycles. The van der Waals surface area contributed by atoms with Crippen molar-refractivity contribution in [3.8, 4) is 0 Å². The van der Waals surface area contributed by atoms with E-state index in [4.69, 9.17) is 4.74 Å². The number of amides is 1. The fourth-order valence-electron chi connectivity index (χ4n) is 3.95. The van der Waals surface area contributed by atoms with Crippen molar-refractivity contribution in [2.75, 3.05) is 50.6 Å². The molecule has 1 atom stereocenters. The molecule has 2 heterocycles. The maximum absolute atomic E-state index is 12.3. The van der Waals surface area contributed by atoms with Gasteiger partial charge in [-0.25, -0.2) is 0 Å². The number of nitrogens with zero attached hydrogens (tertiary/aromatic N) is 2. The Morgan fingerprint density at radius 1 is 1.15 bits per heavy atom. The van der Waals surface area contributed by atoms with Crippen molar-refractivity contribution in [1.29, 1.82) is 0 Å². The summed E-state index contributed by atoms with van der Waals surface area (Å²) < 4.78 is 5.44. The molecule has 27 heavy (non-hydrogen) atoms. The Labute approximate surface area is 160 Å². The smallest absolute Gasteiger partial charge is 0.225 e. The van der Waals surface area contributed by atoms with E-state index in [2.05, 4.69) is 57.6 Å². The van der Waals surface area contributed by atoms with E-state index < -0.39 is 0 Å². The molecule has 5 nitrogen and oxygen atoms in total. The average Bonchev–Trinajstić information content (AvgIpc) is 2.67. The van der Waals surface area contributed by atoms with Crippen molar-refractivity contribution in [3.05, 3.63) is 59.2 Å². The number of benzene rings is 2. The lowest BCUT2D eigenvalue weighted by molar-refractivity contribution is -0.116. The van der Waals surface area contributed by atoms with E-state index in [0.29, 0.717) is 6.42 Å². The topological polar surface area (TPSA) is 44.8 Å². The lowest BCUT2D eigenvalue weighted by Crippen LogP contribution is -2.35.